The number of rotatable bonds is 5. The lowest BCUT2D eigenvalue weighted by Crippen LogP contribution is -2.20. The van der Waals surface area contributed by atoms with Gasteiger partial charge in [0.05, 0.1) is 12.2 Å². The van der Waals surface area contributed by atoms with Gasteiger partial charge in [0.2, 0.25) is 5.95 Å². The summed E-state index contributed by atoms with van der Waals surface area (Å²) in [6, 6.07) is 5.86. The molecule has 4 heterocycles. The lowest BCUT2D eigenvalue weighted by atomic mass is 10.1. The van der Waals surface area contributed by atoms with Crippen LogP contribution in [0.15, 0.2) is 24.4 Å². The van der Waals surface area contributed by atoms with Gasteiger partial charge < -0.3 is 15.6 Å². The Morgan fingerprint density at radius 3 is 2.71 bits per heavy atom. The Balaban J connectivity index is 1.38. The van der Waals surface area contributed by atoms with Crippen molar-refractivity contribution < 1.29 is 8.78 Å². The minimum absolute atomic E-state index is 0.347. The van der Waals surface area contributed by atoms with E-state index in [1.165, 1.54) is 23.8 Å². The first-order valence-electron chi connectivity index (χ1n) is 10.5. The molecule has 2 unspecified atom stereocenters. The van der Waals surface area contributed by atoms with Crippen LogP contribution in [-0.4, -0.2) is 41.6 Å². The normalized spacial score (nSPS) is 22.5. The number of anilines is 2. The quantitative estimate of drug-likeness (QED) is 0.509. The van der Waals surface area contributed by atoms with Crippen LogP contribution in [0, 0.1) is 18.8 Å². The highest BCUT2D eigenvalue weighted by Crippen LogP contribution is 2.52. The number of halogens is 2. The Hall–Kier alpha value is -3.30. The molecule has 0 saturated heterocycles. The summed E-state index contributed by atoms with van der Waals surface area (Å²) in [5, 5.41) is 7.99. The minimum atomic E-state index is -2.49. The van der Waals surface area contributed by atoms with Crippen molar-refractivity contribution in [2.75, 3.05) is 11.1 Å². The largest absolute Gasteiger partial charge is 0.382 e. The second-order valence-electron chi connectivity index (χ2n) is 8.61. The molecule has 4 aromatic rings. The van der Waals surface area contributed by atoms with Gasteiger partial charge in [-0.05, 0) is 56.2 Å². The molecule has 2 aliphatic rings. The Morgan fingerprint density at radius 1 is 1.13 bits per heavy atom. The summed E-state index contributed by atoms with van der Waals surface area (Å²) in [7, 11) is 0. The number of hydrogen-bond donors (Lipinski definition) is 2. The van der Waals surface area contributed by atoms with E-state index in [2.05, 4.69) is 25.4 Å². The first kappa shape index (κ1) is 18.5. The van der Waals surface area contributed by atoms with Crippen molar-refractivity contribution in [1.82, 2.24) is 29.1 Å². The highest BCUT2D eigenvalue weighted by Gasteiger charge is 2.46. The smallest absolute Gasteiger partial charge is 0.256 e. The second kappa shape index (κ2) is 6.60. The Kier molecular flexibility index (Phi) is 3.93. The lowest BCUT2D eigenvalue weighted by molar-refractivity contribution is 0.127. The van der Waals surface area contributed by atoms with Crippen LogP contribution in [-0.2, 0) is 6.54 Å². The van der Waals surface area contributed by atoms with E-state index >= 15 is 0 Å². The molecule has 2 fully saturated rings. The lowest BCUT2D eigenvalue weighted by Gasteiger charge is -2.14. The zero-order valence-corrected chi connectivity index (χ0v) is 17.0. The van der Waals surface area contributed by atoms with Gasteiger partial charge in [0, 0.05) is 17.8 Å². The number of aromatic nitrogens is 6. The number of alkyl halides is 2. The van der Waals surface area contributed by atoms with Crippen molar-refractivity contribution in [2.45, 2.75) is 45.2 Å². The van der Waals surface area contributed by atoms with Gasteiger partial charge in [0.15, 0.2) is 11.5 Å². The molecule has 0 radical (unpaired) electrons. The van der Waals surface area contributed by atoms with E-state index < -0.39 is 13.0 Å². The molecule has 10 heteroatoms. The molecule has 0 spiro atoms. The molecule has 0 amide bonds. The predicted octanol–water partition coefficient (Wildman–Crippen LogP) is 3.51. The number of aryl methyl sites for hydroxylation is 1. The summed E-state index contributed by atoms with van der Waals surface area (Å²) in [4.78, 5) is 13.4. The maximum Gasteiger partial charge on any atom is 0.256 e. The molecule has 2 saturated carbocycles. The van der Waals surface area contributed by atoms with E-state index in [9.17, 15) is 8.78 Å². The third-order valence-corrected chi connectivity index (χ3v) is 6.49. The van der Waals surface area contributed by atoms with E-state index in [1.807, 2.05) is 18.3 Å². The first-order chi connectivity index (χ1) is 15.0. The molecule has 4 aromatic heterocycles. The monoisotopic (exact) mass is 424 g/mol. The zero-order chi connectivity index (χ0) is 21.3. The Labute approximate surface area is 176 Å². The second-order valence-corrected chi connectivity index (χ2v) is 8.61. The fourth-order valence-electron chi connectivity index (χ4n) is 4.96. The summed E-state index contributed by atoms with van der Waals surface area (Å²) in [5.74, 6) is 3.09. The fourth-order valence-corrected chi connectivity index (χ4v) is 4.96. The molecular weight excluding hydrogens is 402 g/mol. The molecule has 8 nitrogen and oxygen atoms in total. The number of imidazole rings is 1. The van der Waals surface area contributed by atoms with Gasteiger partial charge in [-0.15, -0.1) is 5.10 Å². The molecule has 2 atom stereocenters. The van der Waals surface area contributed by atoms with Crippen LogP contribution in [0.5, 0.6) is 0 Å². The van der Waals surface area contributed by atoms with Gasteiger partial charge in [-0.25, -0.2) is 23.3 Å². The number of nitrogen functional groups attached to an aromatic ring is 1. The van der Waals surface area contributed by atoms with Gasteiger partial charge in [-0.1, -0.05) is 0 Å². The first-order valence-corrected chi connectivity index (χ1v) is 10.5. The van der Waals surface area contributed by atoms with Crippen molar-refractivity contribution in [3.8, 4) is 11.3 Å². The maximum absolute atomic E-state index is 13.0. The summed E-state index contributed by atoms with van der Waals surface area (Å²) < 4.78 is 29.2. The zero-order valence-electron chi connectivity index (χ0n) is 17.0. The van der Waals surface area contributed by atoms with E-state index in [0.717, 1.165) is 17.4 Å². The number of pyridine rings is 1. The van der Waals surface area contributed by atoms with Crippen molar-refractivity contribution >= 4 is 28.4 Å². The molecule has 6 rings (SSSR count). The van der Waals surface area contributed by atoms with Crippen molar-refractivity contribution in [3.63, 3.8) is 0 Å². The van der Waals surface area contributed by atoms with Crippen LogP contribution in [0.1, 0.15) is 25.1 Å². The van der Waals surface area contributed by atoms with Crippen LogP contribution >= 0.6 is 0 Å². The number of hydrogen-bond acceptors (Lipinski definition) is 6. The SMILES string of the molecule is Cc1nc2ccc(-c3ccn4nc(NC5CC6CC6C5)nc(N)c34)nc2n1CC(F)F. The van der Waals surface area contributed by atoms with Crippen LogP contribution < -0.4 is 11.1 Å². The third kappa shape index (κ3) is 3.08. The fraction of sp³-hybridized carbons (Fsp3) is 0.429. The van der Waals surface area contributed by atoms with E-state index in [1.54, 1.807) is 17.5 Å². The topological polar surface area (TPSA) is 98.9 Å². The molecule has 3 N–H and O–H groups in total. The van der Waals surface area contributed by atoms with E-state index in [0.29, 0.717) is 46.0 Å². The molecule has 160 valence electrons. The molecule has 0 aliphatic heterocycles. The average molecular weight is 424 g/mol. The molecular formula is C21H22F2N8. The number of nitrogens with two attached hydrogens (primary N) is 1. The molecule has 0 bridgehead atoms. The molecule has 31 heavy (non-hydrogen) atoms. The van der Waals surface area contributed by atoms with Gasteiger partial charge in [-0.3, -0.25) is 0 Å². The molecule has 0 aromatic carbocycles. The highest BCUT2D eigenvalue weighted by molar-refractivity contribution is 5.88. The van der Waals surface area contributed by atoms with E-state index in [-0.39, 0.29) is 0 Å². The van der Waals surface area contributed by atoms with Crippen molar-refractivity contribution in [2.24, 2.45) is 11.8 Å². The van der Waals surface area contributed by atoms with Crippen molar-refractivity contribution in [3.05, 3.63) is 30.2 Å². The van der Waals surface area contributed by atoms with E-state index in [4.69, 9.17) is 5.73 Å². The van der Waals surface area contributed by atoms with Crippen LogP contribution in [0.4, 0.5) is 20.5 Å². The predicted molar refractivity (Wildman–Crippen MR) is 113 cm³/mol. The van der Waals surface area contributed by atoms with Crippen LogP contribution in [0.3, 0.4) is 0 Å². The summed E-state index contributed by atoms with van der Waals surface area (Å²) in [6.07, 6.45) is 3.01. The molecule has 2 aliphatic carbocycles. The van der Waals surface area contributed by atoms with Crippen LogP contribution in [0.2, 0.25) is 0 Å². The standard InChI is InChI=1S/C21H22F2N8/c1-10-25-16-3-2-15(27-20(16)30(10)9-17(22)23)14-4-5-31-18(14)19(24)28-21(29-31)26-13-7-11-6-12(11)8-13/h2-5,11-13,17H,6-9H2,1H3,(H3,24,26,28,29). The van der Waals surface area contributed by atoms with Gasteiger partial charge in [-0.2, -0.15) is 4.98 Å². The maximum atomic E-state index is 13.0. The third-order valence-electron chi connectivity index (χ3n) is 6.49. The number of nitrogens with zero attached hydrogens (tertiary/aromatic N) is 6. The Morgan fingerprint density at radius 2 is 1.94 bits per heavy atom. The summed E-state index contributed by atoms with van der Waals surface area (Å²) in [6.45, 7) is 1.25. The Bertz CT molecular complexity index is 1300. The van der Waals surface area contributed by atoms with Gasteiger partial charge in [0.25, 0.3) is 6.43 Å². The van der Waals surface area contributed by atoms with Gasteiger partial charge in [0.1, 0.15) is 16.9 Å². The number of fused-ring (bicyclic) bond motifs is 3. The number of nitrogens with one attached hydrogen (secondary N) is 1. The summed E-state index contributed by atoms with van der Waals surface area (Å²) >= 11 is 0. The average Bonchev–Trinajstić information content (AvgIpc) is 3.03. The van der Waals surface area contributed by atoms with Crippen LogP contribution in [0.25, 0.3) is 27.9 Å². The minimum Gasteiger partial charge on any atom is -0.382 e. The summed E-state index contributed by atoms with van der Waals surface area (Å²) in [5.41, 5.74) is 9.31. The van der Waals surface area contributed by atoms with Gasteiger partial charge >= 0.3 is 0 Å². The van der Waals surface area contributed by atoms with Crippen molar-refractivity contribution in [1.29, 1.82) is 0 Å². The highest BCUT2D eigenvalue weighted by atomic mass is 19.3.